The van der Waals surface area contributed by atoms with Gasteiger partial charge in [-0.1, -0.05) is 24.8 Å². The fourth-order valence-electron chi connectivity index (χ4n) is 3.18. The topological polar surface area (TPSA) is 96.5 Å². The van der Waals surface area contributed by atoms with E-state index in [-0.39, 0.29) is 24.3 Å². The number of hydrogen-bond acceptors (Lipinski definition) is 7. The maximum Gasteiger partial charge on any atom is 0.409 e. The van der Waals surface area contributed by atoms with Crippen LogP contribution in [0.15, 0.2) is 43.1 Å². The van der Waals surface area contributed by atoms with Crippen molar-refractivity contribution in [1.29, 1.82) is 0 Å². The van der Waals surface area contributed by atoms with Gasteiger partial charge >= 0.3 is 6.09 Å². The van der Waals surface area contributed by atoms with E-state index < -0.39 is 0 Å². The van der Waals surface area contributed by atoms with Gasteiger partial charge in [0, 0.05) is 43.0 Å². The Morgan fingerprint density at radius 3 is 2.93 bits per heavy atom. The number of methoxy groups -OCH3 is 1. The van der Waals surface area contributed by atoms with Gasteiger partial charge in [-0.3, -0.25) is 4.79 Å². The van der Waals surface area contributed by atoms with E-state index in [2.05, 4.69) is 27.2 Å². The van der Waals surface area contributed by atoms with Gasteiger partial charge in [0.25, 0.3) is 0 Å². The molecule has 1 fully saturated rings. The Kier molecular flexibility index (Phi) is 6.43. The molecule has 2 aromatic rings. The third-order valence-corrected chi connectivity index (χ3v) is 4.79. The van der Waals surface area contributed by atoms with Crippen LogP contribution in [0.2, 0.25) is 0 Å². The third-order valence-electron chi connectivity index (χ3n) is 4.79. The molecule has 0 unspecified atom stereocenters. The van der Waals surface area contributed by atoms with E-state index in [0.29, 0.717) is 24.9 Å². The van der Waals surface area contributed by atoms with Crippen molar-refractivity contribution in [2.24, 2.45) is 0 Å². The zero-order chi connectivity index (χ0) is 20.8. The molecular weight excluding hydrogens is 370 g/mol. The van der Waals surface area contributed by atoms with Gasteiger partial charge in [-0.05, 0) is 31.1 Å². The van der Waals surface area contributed by atoms with Crippen LogP contribution in [0.1, 0.15) is 17.5 Å². The highest BCUT2D eigenvalue weighted by atomic mass is 16.5. The highest BCUT2D eigenvalue weighted by molar-refractivity contribution is 5.92. The van der Waals surface area contributed by atoms with Crippen LogP contribution in [0, 0.1) is 6.92 Å². The minimum Gasteiger partial charge on any atom is -0.453 e. The van der Waals surface area contributed by atoms with Gasteiger partial charge in [0.05, 0.1) is 7.11 Å². The average molecular weight is 395 g/mol. The number of benzene rings is 1. The minimum atomic E-state index is -0.327. The molecule has 1 aliphatic heterocycles. The number of aromatic nitrogens is 2. The number of allylic oxidation sites excluding steroid dienone is 1. The molecule has 1 saturated heterocycles. The largest absolute Gasteiger partial charge is 0.453 e. The van der Waals surface area contributed by atoms with Crippen LogP contribution in [0.4, 0.5) is 22.2 Å². The van der Waals surface area contributed by atoms with Gasteiger partial charge in [0.1, 0.15) is 5.82 Å². The highest BCUT2D eigenvalue weighted by Crippen LogP contribution is 2.24. The monoisotopic (exact) mass is 395 g/mol. The van der Waals surface area contributed by atoms with Crippen molar-refractivity contribution in [3.8, 4) is 0 Å². The van der Waals surface area contributed by atoms with Crippen LogP contribution in [-0.4, -0.2) is 53.0 Å². The maximum atomic E-state index is 11.8. The Balaban J connectivity index is 1.73. The summed E-state index contributed by atoms with van der Waals surface area (Å²) in [7, 11) is 1.38. The quantitative estimate of drug-likeness (QED) is 0.696. The molecule has 0 aliphatic carbocycles. The number of para-hydroxylation sites is 1. The van der Waals surface area contributed by atoms with E-state index in [0.717, 1.165) is 23.2 Å². The number of nitrogens with zero attached hydrogens (tertiary/aromatic N) is 3. The molecular formula is C21H25N5O3. The van der Waals surface area contributed by atoms with Gasteiger partial charge in [0.2, 0.25) is 5.95 Å². The van der Waals surface area contributed by atoms with Gasteiger partial charge < -0.3 is 20.3 Å². The van der Waals surface area contributed by atoms with Crippen molar-refractivity contribution >= 4 is 29.3 Å². The molecule has 2 heterocycles. The zero-order valence-corrected chi connectivity index (χ0v) is 16.6. The van der Waals surface area contributed by atoms with Crippen LogP contribution < -0.4 is 10.6 Å². The lowest BCUT2D eigenvalue weighted by atomic mass is 10.1. The summed E-state index contributed by atoms with van der Waals surface area (Å²) < 4.78 is 4.77. The minimum absolute atomic E-state index is 0.0441. The first-order chi connectivity index (χ1) is 14.0. The Morgan fingerprint density at radius 2 is 2.17 bits per heavy atom. The summed E-state index contributed by atoms with van der Waals surface area (Å²) >= 11 is 0. The van der Waals surface area contributed by atoms with E-state index in [9.17, 15) is 9.59 Å². The molecule has 8 heteroatoms. The Bertz CT molecular complexity index is 915. The van der Waals surface area contributed by atoms with Gasteiger partial charge in [-0.2, -0.15) is 4.98 Å². The predicted molar refractivity (Wildman–Crippen MR) is 111 cm³/mol. The standard InChI is InChI=1S/C21H25N5O3/c1-4-17(27)11-15-7-5-6-8-18(15)24-19-14(2)12-22-20(25-19)23-16-9-10-26(13-16)21(28)29-3/h4-8,12,16H,1,9-11,13H2,2-3H3,(H2,22,23,24,25)/t16-/m0/s1. The number of ether oxygens (including phenoxy) is 1. The van der Waals surface area contributed by atoms with E-state index in [4.69, 9.17) is 4.74 Å². The molecule has 2 N–H and O–H groups in total. The lowest BCUT2D eigenvalue weighted by Crippen LogP contribution is -2.31. The normalized spacial score (nSPS) is 15.7. The van der Waals surface area contributed by atoms with Gasteiger partial charge in [-0.25, -0.2) is 9.78 Å². The molecule has 8 nitrogen and oxygen atoms in total. The molecule has 1 aromatic carbocycles. The Labute approximate surface area is 170 Å². The lowest BCUT2D eigenvalue weighted by molar-refractivity contribution is -0.114. The number of carbonyl (C=O) groups excluding carboxylic acids is 2. The zero-order valence-electron chi connectivity index (χ0n) is 16.6. The van der Waals surface area contributed by atoms with Crippen molar-refractivity contribution in [2.45, 2.75) is 25.8 Å². The SMILES string of the molecule is C=CC(=O)Cc1ccccc1Nc1nc(N[C@H]2CCN(C(=O)OC)C2)ncc1C. The second kappa shape index (κ2) is 9.18. The number of hydrogen-bond donors (Lipinski definition) is 2. The van der Waals surface area contributed by atoms with Crippen molar-refractivity contribution in [1.82, 2.24) is 14.9 Å². The van der Waals surface area contributed by atoms with Crippen molar-refractivity contribution in [2.75, 3.05) is 30.8 Å². The van der Waals surface area contributed by atoms with Gasteiger partial charge in [0.15, 0.2) is 5.78 Å². The summed E-state index contributed by atoms with van der Waals surface area (Å²) in [5.41, 5.74) is 2.56. The number of aryl methyl sites for hydroxylation is 1. The fraction of sp³-hybridized carbons (Fsp3) is 0.333. The van der Waals surface area contributed by atoms with Crippen LogP contribution in [-0.2, 0) is 16.0 Å². The number of amides is 1. The van der Waals surface area contributed by atoms with Crippen LogP contribution in [0.5, 0.6) is 0 Å². The molecule has 0 radical (unpaired) electrons. The highest BCUT2D eigenvalue weighted by Gasteiger charge is 2.27. The van der Waals surface area contributed by atoms with Crippen molar-refractivity contribution in [3.63, 3.8) is 0 Å². The number of ketones is 1. The van der Waals surface area contributed by atoms with Crippen molar-refractivity contribution in [3.05, 3.63) is 54.2 Å². The summed E-state index contributed by atoms with van der Waals surface area (Å²) in [5.74, 6) is 1.09. The molecule has 1 aliphatic rings. The first-order valence-electron chi connectivity index (χ1n) is 9.43. The summed E-state index contributed by atoms with van der Waals surface area (Å²) in [6, 6.07) is 7.66. The Hall–Kier alpha value is -3.42. The third kappa shape index (κ3) is 5.10. The number of nitrogens with one attached hydrogen (secondary N) is 2. The van der Waals surface area contributed by atoms with E-state index >= 15 is 0 Å². The van der Waals surface area contributed by atoms with Crippen LogP contribution >= 0.6 is 0 Å². The second-order valence-electron chi connectivity index (χ2n) is 6.90. The molecule has 0 spiro atoms. The first kappa shape index (κ1) is 20.3. The number of likely N-dealkylation sites (tertiary alicyclic amines) is 1. The van der Waals surface area contributed by atoms with Crippen molar-refractivity contribution < 1.29 is 14.3 Å². The summed E-state index contributed by atoms with van der Waals surface area (Å²) in [4.78, 5) is 34.0. The van der Waals surface area contributed by atoms with Crippen LogP contribution in [0.3, 0.4) is 0 Å². The number of anilines is 3. The molecule has 3 rings (SSSR count). The number of carbonyl (C=O) groups is 2. The van der Waals surface area contributed by atoms with E-state index in [1.165, 1.54) is 13.2 Å². The smallest absolute Gasteiger partial charge is 0.409 e. The molecule has 1 amide bonds. The summed E-state index contributed by atoms with van der Waals surface area (Å²) in [6.45, 7) is 6.62. The molecule has 1 atom stereocenters. The fourth-order valence-corrected chi connectivity index (χ4v) is 3.18. The average Bonchev–Trinajstić information content (AvgIpc) is 3.19. The molecule has 152 valence electrons. The maximum absolute atomic E-state index is 11.8. The predicted octanol–water partition coefficient (Wildman–Crippen LogP) is 3.08. The Morgan fingerprint density at radius 1 is 1.38 bits per heavy atom. The van der Waals surface area contributed by atoms with Gasteiger partial charge in [-0.15, -0.1) is 0 Å². The molecule has 0 saturated carbocycles. The number of rotatable bonds is 7. The summed E-state index contributed by atoms with van der Waals surface area (Å²) in [5, 5.41) is 6.59. The first-order valence-corrected chi connectivity index (χ1v) is 9.43. The molecule has 1 aromatic heterocycles. The lowest BCUT2D eigenvalue weighted by Gasteiger charge is -2.17. The molecule has 29 heavy (non-hydrogen) atoms. The summed E-state index contributed by atoms with van der Waals surface area (Å²) in [6.07, 6.45) is 3.80. The molecule has 0 bridgehead atoms. The second-order valence-corrected chi connectivity index (χ2v) is 6.90. The van der Waals surface area contributed by atoms with Crippen LogP contribution in [0.25, 0.3) is 0 Å². The van der Waals surface area contributed by atoms with E-state index in [1.54, 1.807) is 11.1 Å². The van der Waals surface area contributed by atoms with E-state index in [1.807, 2.05) is 31.2 Å².